The van der Waals surface area contributed by atoms with Crippen molar-refractivity contribution in [1.29, 1.82) is 0 Å². The Labute approximate surface area is 112 Å². The number of nitrogens with one attached hydrogen (secondary N) is 1. The largest absolute Gasteiger partial charge is 0.377 e. The standard InChI is InChI=1S/C13H21N3O3/c1-18-8-10-6-12(16-19-10)13(17)15-11-5-3-2-4-9(11)7-14/h6,9,11H,2-5,7-8,14H2,1H3,(H,15,17). The number of carbonyl (C=O) groups is 1. The van der Waals surface area contributed by atoms with Crippen LogP contribution < -0.4 is 11.1 Å². The van der Waals surface area contributed by atoms with Gasteiger partial charge in [-0.2, -0.15) is 0 Å². The predicted molar refractivity (Wildman–Crippen MR) is 69.5 cm³/mol. The molecule has 6 heteroatoms. The molecule has 2 atom stereocenters. The lowest BCUT2D eigenvalue weighted by atomic mass is 9.84. The van der Waals surface area contributed by atoms with E-state index in [0.717, 1.165) is 19.3 Å². The van der Waals surface area contributed by atoms with Gasteiger partial charge in [-0.15, -0.1) is 0 Å². The van der Waals surface area contributed by atoms with E-state index in [2.05, 4.69) is 10.5 Å². The van der Waals surface area contributed by atoms with Crippen LogP contribution in [0.1, 0.15) is 41.9 Å². The van der Waals surface area contributed by atoms with Crippen molar-refractivity contribution in [1.82, 2.24) is 10.5 Å². The van der Waals surface area contributed by atoms with Crippen LogP contribution >= 0.6 is 0 Å². The third-order valence-corrected chi connectivity index (χ3v) is 3.61. The van der Waals surface area contributed by atoms with Gasteiger partial charge in [-0.05, 0) is 25.3 Å². The monoisotopic (exact) mass is 267 g/mol. The minimum Gasteiger partial charge on any atom is -0.377 e. The molecule has 0 spiro atoms. The number of amides is 1. The number of ether oxygens (including phenoxy) is 1. The van der Waals surface area contributed by atoms with E-state index in [9.17, 15) is 4.79 Å². The number of methoxy groups -OCH3 is 1. The van der Waals surface area contributed by atoms with E-state index in [4.69, 9.17) is 15.0 Å². The van der Waals surface area contributed by atoms with Crippen LogP contribution in [-0.2, 0) is 11.3 Å². The van der Waals surface area contributed by atoms with Gasteiger partial charge in [0.25, 0.3) is 5.91 Å². The Morgan fingerprint density at radius 2 is 2.37 bits per heavy atom. The first-order chi connectivity index (χ1) is 9.24. The van der Waals surface area contributed by atoms with Crippen LogP contribution in [0.5, 0.6) is 0 Å². The predicted octanol–water partition coefficient (Wildman–Crippen LogP) is 1.07. The second-order valence-corrected chi connectivity index (χ2v) is 4.97. The van der Waals surface area contributed by atoms with Crippen LogP contribution in [0, 0.1) is 5.92 Å². The van der Waals surface area contributed by atoms with E-state index in [1.807, 2.05) is 0 Å². The minimum absolute atomic E-state index is 0.147. The molecule has 1 heterocycles. The number of rotatable bonds is 5. The number of nitrogens with two attached hydrogens (primary N) is 1. The smallest absolute Gasteiger partial charge is 0.273 e. The summed E-state index contributed by atoms with van der Waals surface area (Å²) < 4.78 is 9.93. The van der Waals surface area contributed by atoms with Crippen LogP contribution in [0.15, 0.2) is 10.6 Å². The lowest BCUT2D eigenvalue weighted by Gasteiger charge is -2.30. The second kappa shape index (κ2) is 6.68. The highest BCUT2D eigenvalue weighted by molar-refractivity contribution is 5.92. The van der Waals surface area contributed by atoms with Gasteiger partial charge in [0.1, 0.15) is 6.61 Å². The number of nitrogens with zero attached hydrogens (tertiary/aromatic N) is 1. The van der Waals surface area contributed by atoms with E-state index < -0.39 is 0 Å². The Morgan fingerprint density at radius 3 is 3.11 bits per heavy atom. The summed E-state index contributed by atoms with van der Waals surface area (Å²) in [6, 6.07) is 1.76. The maximum atomic E-state index is 12.1. The van der Waals surface area contributed by atoms with Crippen molar-refractivity contribution in [3.8, 4) is 0 Å². The molecule has 1 aliphatic carbocycles. The topological polar surface area (TPSA) is 90.4 Å². The summed E-state index contributed by atoms with van der Waals surface area (Å²) in [6.07, 6.45) is 4.39. The van der Waals surface area contributed by atoms with Crippen molar-refractivity contribution in [3.05, 3.63) is 17.5 Å². The van der Waals surface area contributed by atoms with Gasteiger partial charge in [0.2, 0.25) is 0 Å². The lowest BCUT2D eigenvalue weighted by Crippen LogP contribution is -2.44. The van der Waals surface area contributed by atoms with Crippen molar-refractivity contribution >= 4 is 5.91 Å². The molecular weight excluding hydrogens is 246 g/mol. The molecule has 2 rings (SSSR count). The fourth-order valence-corrected chi connectivity index (χ4v) is 2.55. The maximum absolute atomic E-state index is 12.1. The highest BCUT2D eigenvalue weighted by Crippen LogP contribution is 2.23. The van der Waals surface area contributed by atoms with Crippen molar-refractivity contribution in [2.24, 2.45) is 11.7 Å². The Kier molecular flexibility index (Phi) is 4.93. The molecule has 0 radical (unpaired) electrons. The van der Waals surface area contributed by atoms with E-state index in [0.29, 0.717) is 30.5 Å². The average molecular weight is 267 g/mol. The van der Waals surface area contributed by atoms with E-state index in [1.165, 1.54) is 6.42 Å². The second-order valence-electron chi connectivity index (χ2n) is 4.97. The molecule has 106 valence electrons. The molecule has 2 unspecified atom stereocenters. The van der Waals surface area contributed by atoms with Crippen LogP contribution in [0.2, 0.25) is 0 Å². The molecule has 6 nitrogen and oxygen atoms in total. The molecule has 3 N–H and O–H groups in total. The molecule has 1 aliphatic rings. The van der Waals surface area contributed by atoms with Crippen molar-refractivity contribution < 1.29 is 14.1 Å². The van der Waals surface area contributed by atoms with Gasteiger partial charge in [0, 0.05) is 19.2 Å². The van der Waals surface area contributed by atoms with Gasteiger partial charge >= 0.3 is 0 Å². The highest BCUT2D eigenvalue weighted by Gasteiger charge is 2.26. The fourth-order valence-electron chi connectivity index (χ4n) is 2.55. The quantitative estimate of drug-likeness (QED) is 0.832. The molecule has 1 aromatic rings. The molecule has 1 amide bonds. The fraction of sp³-hybridized carbons (Fsp3) is 0.692. The minimum atomic E-state index is -0.198. The summed E-state index contributed by atoms with van der Waals surface area (Å²) in [5.41, 5.74) is 6.05. The Balaban J connectivity index is 1.95. The summed E-state index contributed by atoms with van der Waals surface area (Å²) in [4.78, 5) is 12.1. The zero-order valence-electron chi connectivity index (χ0n) is 11.2. The van der Waals surface area contributed by atoms with Crippen molar-refractivity contribution in [3.63, 3.8) is 0 Å². The van der Waals surface area contributed by atoms with Gasteiger partial charge in [0.15, 0.2) is 11.5 Å². The lowest BCUT2D eigenvalue weighted by molar-refractivity contribution is 0.0898. The van der Waals surface area contributed by atoms with Crippen molar-refractivity contribution in [2.45, 2.75) is 38.3 Å². The first-order valence-corrected chi connectivity index (χ1v) is 6.70. The Hall–Kier alpha value is -1.40. The molecule has 19 heavy (non-hydrogen) atoms. The van der Waals surface area contributed by atoms with Crippen LogP contribution in [0.25, 0.3) is 0 Å². The highest BCUT2D eigenvalue weighted by atomic mass is 16.5. The number of carbonyl (C=O) groups excluding carboxylic acids is 1. The first-order valence-electron chi connectivity index (χ1n) is 6.70. The zero-order valence-corrected chi connectivity index (χ0v) is 11.2. The molecule has 1 saturated carbocycles. The molecule has 0 aliphatic heterocycles. The summed E-state index contributed by atoms with van der Waals surface area (Å²) in [7, 11) is 1.57. The Morgan fingerprint density at radius 1 is 1.58 bits per heavy atom. The van der Waals surface area contributed by atoms with Gasteiger partial charge < -0.3 is 20.3 Å². The zero-order chi connectivity index (χ0) is 13.7. The molecule has 0 aromatic carbocycles. The van der Waals surface area contributed by atoms with E-state index in [1.54, 1.807) is 13.2 Å². The molecule has 1 aromatic heterocycles. The normalized spacial score (nSPS) is 23.3. The molecule has 0 saturated heterocycles. The van der Waals surface area contributed by atoms with Crippen LogP contribution in [0.3, 0.4) is 0 Å². The van der Waals surface area contributed by atoms with Gasteiger partial charge in [-0.3, -0.25) is 4.79 Å². The summed E-state index contributed by atoms with van der Waals surface area (Å²) in [6.45, 7) is 0.924. The first kappa shape index (κ1) is 14.0. The molecule has 1 fully saturated rings. The third kappa shape index (κ3) is 3.54. The van der Waals surface area contributed by atoms with Gasteiger partial charge in [-0.1, -0.05) is 18.0 Å². The maximum Gasteiger partial charge on any atom is 0.273 e. The summed E-state index contributed by atoms with van der Waals surface area (Å²) in [5.74, 6) is 0.714. The van der Waals surface area contributed by atoms with E-state index in [-0.39, 0.29) is 11.9 Å². The van der Waals surface area contributed by atoms with Crippen LogP contribution in [0.4, 0.5) is 0 Å². The number of hydrogen-bond acceptors (Lipinski definition) is 5. The Bertz CT molecular complexity index is 419. The van der Waals surface area contributed by atoms with Crippen LogP contribution in [-0.4, -0.2) is 30.8 Å². The van der Waals surface area contributed by atoms with Gasteiger partial charge in [-0.25, -0.2) is 0 Å². The summed E-state index contributed by atoms with van der Waals surface area (Å²) >= 11 is 0. The van der Waals surface area contributed by atoms with Gasteiger partial charge in [0.05, 0.1) is 0 Å². The average Bonchev–Trinajstić information content (AvgIpc) is 2.88. The van der Waals surface area contributed by atoms with E-state index >= 15 is 0 Å². The SMILES string of the molecule is COCc1cc(C(=O)NC2CCCCC2CN)no1. The molecular formula is C13H21N3O3. The number of hydrogen-bond donors (Lipinski definition) is 2. The molecule has 0 bridgehead atoms. The number of aromatic nitrogens is 1. The summed E-state index contributed by atoms with van der Waals surface area (Å²) in [5, 5.41) is 6.76. The third-order valence-electron chi connectivity index (χ3n) is 3.61. The van der Waals surface area contributed by atoms with Crippen molar-refractivity contribution in [2.75, 3.05) is 13.7 Å².